The molecule has 0 spiro atoms. The summed E-state index contributed by atoms with van der Waals surface area (Å²) in [5, 5.41) is 2.55. The fourth-order valence-electron chi connectivity index (χ4n) is 1.28. The molecule has 0 unspecified atom stereocenters. The van der Waals surface area contributed by atoms with Crippen LogP contribution in [0.2, 0.25) is 0 Å². The summed E-state index contributed by atoms with van der Waals surface area (Å²) in [5.41, 5.74) is 0.989. The minimum atomic E-state index is -0.243. The zero-order valence-electron chi connectivity index (χ0n) is 8.96. The molecule has 0 saturated heterocycles. The molecule has 3 nitrogen and oxygen atoms in total. The molecule has 1 aromatic carbocycles. The molecule has 1 rings (SSSR count). The summed E-state index contributed by atoms with van der Waals surface area (Å²) in [6.45, 7) is 0.974. The number of halogens is 1. The first-order valence-corrected chi connectivity index (χ1v) is 4.75. The lowest BCUT2D eigenvalue weighted by atomic mass is 10.2. The molecule has 0 saturated carbocycles. The lowest BCUT2D eigenvalue weighted by molar-refractivity contribution is -0.121. The van der Waals surface area contributed by atoms with Gasteiger partial charge in [-0.2, -0.15) is 0 Å². The Balaban J connectivity index is 2.47. The van der Waals surface area contributed by atoms with Crippen LogP contribution in [-0.4, -0.2) is 31.4 Å². The lowest BCUT2D eigenvalue weighted by Crippen LogP contribution is -2.32. The molecule has 0 aliphatic carbocycles. The second kappa shape index (κ2) is 5.46. The van der Waals surface area contributed by atoms with Crippen LogP contribution in [0.4, 0.5) is 4.39 Å². The first-order valence-electron chi connectivity index (χ1n) is 4.75. The van der Waals surface area contributed by atoms with Gasteiger partial charge in [-0.15, -0.1) is 0 Å². The van der Waals surface area contributed by atoms with Crippen LogP contribution in [0.15, 0.2) is 24.3 Å². The summed E-state index contributed by atoms with van der Waals surface area (Å²) in [6, 6.07) is 6.28. The number of benzene rings is 1. The second-order valence-electron chi connectivity index (χ2n) is 3.47. The number of carbonyl (C=O) groups is 1. The third-order valence-corrected chi connectivity index (χ3v) is 2.06. The highest BCUT2D eigenvalue weighted by Crippen LogP contribution is 2.04. The zero-order valence-corrected chi connectivity index (χ0v) is 8.96. The Kier molecular flexibility index (Phi) is 4.24. The largest absolute Gasteiger partial charge is 0.358 e. The Hall–Kier alpha value is -1.42. The normalized spacial score (nSPS) is 10.4. The number of hydrogen-bond acceptors (Lipinski definition) is 2. The number of hydrogen-bond donors (Lipinski definition) is 1. The van der Waals surface area contributed by atoms with Gasteiger partial charge < -0.3 is 5.32 Å². The Morgan fingerprint density at radius 3 is 2.53 bits per heavy atom. The monoisotopic (exact) mass is 210 g/mol. The number of amides is 1. The van der Waals surface area contributed by atoms with Gasteiger partial charge in [-0.1, -0.05) is 12.1 Å². The summed E-state index contributed by atoms with van der Waals surface area (Å²) < 4.78 is 12.6. The standard InChI is InChI=1S/C11H15FN2O/c1-13-11(15)8-14(2)7-9-3-5-10(12)6-4-9/h3-6H,7-8H2,1-2H3,(H,13,15). The average molecular weight is 210 g/mol. The van der Waals surface area contributed by atoms with Gasteiger partial charge in [0, 0.05) is 13.6 Å². The van der Waals surface area contributed by atoms with Crippen LogP contribution in [0.3, 0.4) is 0 Å². The summed E-state index contributed by atoms with van der Waals surface area (Å²) in [5.74, 6) is -0.271. The van der Waals surface area contributed by atoms with Crippen LogP contribution in [0.5, 0.6) is 0 Å². The zero-order chi connectivity index (χ0) is 11.3. The number of rotatable bonds is 4. The van der Waals surface area contributed by atoms with E-state index in [1.807, 2.05) is 11.9 Å². The first kappa shape index (κ1) is 11.7. The number of likely N-dealkylation sites (N-methyl/N-ethyl adjacent to an activating group) is 2. The molecule has 1 aromatic rings. The highest BCUT2D eigenvalue weighted by Gasteiger charge is 2.04. The number of carbonyl (C=O) groups excluding carboxylic acids is 1. The highest BCUT2D eigenvalue weighted by molar-refractivity contribution is 5.77. The third-order valence-electron chi connectivity index (χ3n) is 2.06. The molecule has 82 valence electrons. The fraction of sp³-hybridized carbons (Fsp3) is 0.364. The van der Waals surface area contributed by atoms with E-state index in [0.29, 0.717) is 13.1 Å². The van der Waals surface area contributed by atoms with Crippen molar-refractivity contribution in [1.29, 1.82) is 0 Å². The summed E-state index contributed by atoms with van der Waals surface area (Å²) >= 11 is 0. The van der Waals surface area contributed by atoms with Crippen molar-refractivity contribution in [3.8, 4) is 0 Å². The van der Waals surface area contributed by atoms with Gasteiger partial charge in [0.15, 0.2) is 0 Å². The Morgan fingerprint density at radius 1 is 1.40 bits per heavy atom. The lowest BCUT2D eigenvalue weighted by Gasteiger charge is -2.15. The molecule has 15 heavy (non-hydrogen) atoms. The first-order chi connectivity index (χ1) is 7.11. The van der Waals surface area contributed by atoms with Crippen LogP contribution >= 0.6 is 0 Å². The molecule has 0 fully saturated rings. The molecule has 0 atom stereocenters. The van der Waals surface area contributed by atoms with Gasteiger partial charge in [0.05, 0.1) is 6.54 Å². The highest BCUT2D eigenvalue weighted by atomic mass is 19.1. The van der Waals surface area contributed by atoms with Crippen molar-refractivity contribution >= 4 is 5.91 Å². The molecule has 4 heteroatoms. The maximum Gasteiger partial charge on any atom is 0.233 e. The average Bonchev–Trinajstić information content (AvgIpc) is 2.21. The van der Waals surface area contributed by atoms with Gasteiger partial charge in [0.1, 0.15) is 5.82 Å². The Labute approximate surface area is 88.9 Å². The molecule has 1 amide bonds. The van der Waals surface area contributed by atoms with Crippen LogP contribution in [0.1, 0.15) is 5.56 Å². The van der Waals surface area contributed by atoms with E-state index >= 15 is 0 Å². The maximum atomic E-state index is 12.6. The molecule has 0 aromatic heterocycles. The Morgan fingerprint density at radius 2 is 2.00 bits per heavy atom. The smallest absolute Gasteiger partial charge is 0.233 e. The quantitative estimate of drug-likeness (QED) is 0.804. The van der Waals surface area contributed by atoms with Gasteiger partial charge in [0.2, 0.25) is 5.91 Å². The van der Waals surface area contributed by atoms with E-state index in [2.05, 4.69) is 5.32 Å². The molecule has 0 bridgehead atoms. The second-order valence-corrected chi connectivity index (χ2v) is 3.47. The molecule has 0 heterocycles. The van der Waals surface area contributed by atoms with Gasteiger partial charge in [-0.3, -0.25) is 9.69 Å². The third kappa shape index (κ3) is 4.08. The summed E-state index contributed by atoms with van der Waals surface area (Å²) in [7, 11) is 3.45. The van der Waals surface area contributed by atoms with Crippen LogP contribution in [-0.2, 0) is 11.3 Å². The predicted molar refractivity (Wildman–Crippen MR) is 56.8 cm³/mol. The maximum absolute atomic E-state index is 12.6. The number of nitrogens with one attached hydrogen (secondary N) is 1. The number of nitrogens with zero attached hydrogens (tertiary/aromatic N) is 1. The summed E-state index contributed by atoms with van der Waals surface area (Å²) in [4.78, 5) is 12.9. The van der Waals surface area contributed by atoms with E-state index in [1.54, 1.807) is 19.2 Å². The van der Waals surface area contributed by atoms with Crippen molar-refractivity contribution in [3.05, 3.63) is 35.6 Å². The predicted octanol–water partition coefficient (Wildman–Crippen LogP) is 1.00. The van der Waals surface area contributed by atoms with Crippen molar-refractivity contribution in [2.24, 2.45) is 0 Å². The SMILES string of the molecule is CNC(=O)CN(C)Cc1ccc(F)cc1. The minimum absolute atomic E-state index is 0.0281. The Bertz CT molecular complexity index is 324. The van der Waals surface area contributed by atoms with Crippen molar-refractivity contribution in [2.75, 3.05) is 20.6 Å². The molecular formula is C11H15FN2O. The van der Waals surface area contributed by atoms with Crippen LogP contribution in [0.25, 0.3) is 0 Å². The van der Waals surface area contributed by atoms with Gasteiger partial charge in [0.25, 0.3) is 0 Å². The van der Waals surface area contributed by atoms with Crippen LogP contribution in [0, 0.1) is 5.82 Å². The molecule has 0 aliphatic heterocycles. The van der Waals surface area contributed by atoms with E-state index < -0.39 is 0 Å². The van der Waals surface area contributed by atoms with E-state index in [9.17, 15) is 9.18 Å². The van der Waals surface area contributed by atoms with E-state index in [1.165, 1.54) is 12.1 Å². The van der Waals surface area contributed by atoms with E-state index in [0.717, 1.165) is 5.56 Å². The van der Waals surface area contributed by atoms with Crippen LogP contribution < -0.4 is 5.32 Å². The minimum Gasteiger partial charge on any atom is -0.358 e. The van der Waals surface area contributed by atoms with Gasteiger partial charge in [-0.25, -0.2) is 4.39 Å². The molecular weight excluding hydrogens is 195 g/mol. The topological polar surface area (TPSA) is 32.3 Å². The molecule has 0 aliphatic rings. The van der Waals surface area contributed by atoms with E-state index in [4.69, 9.17) is 0 Å². The van der Waals surface area contributed by atoms with Crippen molar-refractivity contribution in [3.63, 3.8) is 0 Å². The van der Waals surface area contributed by atoms with Gasteiger partial charge >= 0.3 is 0 Å². The van der Waals surface area contributed by atoms with Gasteiger partial charge in [-0.05, 0) is 24.7 Å². The molecule has 1 N–H and O–H groups in total. The van der Waals surface area contributed by atoms with E-state index in [-0.39, 0.29) is 11.7 Å². The fourth-order valence-corrected chi connectivity index (χ4v) is 1.28. The van der Waals surface area contributed by atoms with Crippen molar-refractivity contribution < 1.29 is 9.18 Å². The van der Waals surface area contributed by atoms with Crippen molar-refractivity contribution in [1.82, 2.24) is 10.2 Å². The van der Waals surface area contributed by atoms with Crippen molar-refractivity contribution in [2.45, 2.75) is 6.54 Å². The molecule has 0 radical (unpaired) electrons. The summed E-state index contributed by atoms with van der Waals surface area (Å²) in [6.07, 6.45) is 0.